The van der Waals surface area contributed by atoms with Gasteiger partial charge in [0.25, 0.3) is 0 Å². The van der Waals surface area contributed by atoms with Gasteiger partial charge in [-0.05, 0) is 0 Å². The molecule has 0 aromatic heterocycles. The molecule has 0 radical (unpaired) electrons. The number of hydrogen-bond acceptors (Lipinski definition) is 1. The van der Waals surface area contributed by atoms with Crippen LogP contribution in [-0.4, -0.2) is 25.3 Å². The fourth-order valence-corrected chi connectivity index (χ4v) is 0. The molecule has 0 amide bonds. The zero-order valence-electron chi connectivity index (χ0n) is 1.93. The molecule has 0 spiro atoms. The zero-order valence-corrected chi connectivity index (χ0v) is 4.36. The van der Waals surface area contributed by atoms with Gasteiger partial charge < -0.3 is 5.48 Å². The van der Waals surface area contributed by atoms with E-state index in [1.807, 2.05) is 0 Å². The Morgan fingerprint density at radius 1 is 1.75 bits per heavy atom. The molecule has 0 fully saturated rings. The third-order valence-corrected chi connectivity index (χ3v) is 0. The van der Waals surface area contributed by atoms with Gasteiger partial charge in [-0.3, -0.25) is 0 Å². The fourth-order valence-electron chi connectivity index (χ4n) is 0. The predicted molar refractivity (Wildman–Crippen MR) is 13.7 cm³/mol. The average molecular weight is 125 g/mol. The van der Waals surface area contributed by atoms with Crippen LogP contribution in [0.1, 0.15) is 0 Å². The quantitative estimate of drug-likeness (QED) is 0.374. The molecule has 3 N–H and O–H groups in total. The second-order valence-electron chi connectivity index (χ2n) is 0.105. The van der Waals surface area contributed by atoms with Gasteiger partial charge in [0.2, 0.25) is 0 Å². The maximum absolute atomic E-state index is 8.64. The molecule has 0 aliphatic heterocycles. The summed E-state index contributed by atoms with van der Waals surface area (Å²) in [4.78, 5) is 0. The first-order valence-corrected chi connectivity index (χ1v) is 2.57. The Hall–Kier alpha value is 0.103. The molecule has 0 aliphatic carbocycles. The molecule has 4 heavy (non-hydrogen) atoms. The van der Waals surface area contributed by atoms with E-state index >= 15 is 0 Å². The van der Waals surface area contributed by atoms with Crippen molar-refractivity contribution >= 4 is 15.7 Å². The van der Waals surface area contributed by atoms with Crippen molar-refractivity contribution in [3.8, 4) is 0 Å². The zero-order chi connectivity index (χ0) is 2.71. The summed E-state index contributed by atoms with van der Waals surface area (Å²) in [6, 6.07) is 0. The van der Waals surface area contributed by atoms with Gasteiger partial charge in [-0.2, -0.15) is 0 Å². The first-order chi connectivity index (χ1) is 1.41. The second-order valence-corrected chi connectivity index (χ2v) is 0.548. The molecule has 3 nitrogen and oxygen atoms in total. The van der Waals surface area contributed by atoms with Crippen LogP contribution in [-0.2, 0) is 3.78 Å². The summed E-state index contributed by atoms with van der Waals surface area (Å²) >= 11 is -1.94. The molecule has 26 valence electrons. The van der Waals surface area contributed by atoms with Crippen molar-refractivity contribution in [2.24, 2.45) is 0 Å². The Bertz CT molecular complexity index is 10.8. The van der Waals surface area contributed by atoms with Gasteiger partial charge in [0, 0.05) is 0 Å². The van der Waals surface area contributed by atoms with E-state index in [1.165, 1.54) is 0 Å². The SMILES string of the molecule is O.[O]=[GeH][OH]. The van der Waals surface area contributed by atoms with E-state index < -0.39 is 15.7 Å². The molecule has 0 atom stereocenters. The Morgan fingerprint density at radius 2 is 1.75 bits per heavy atom. The van der Waals surface area contributed by atoms with Gasteiger partial charge in [0.15, 0.2) is 0 Å². The Balaban J connectivity index is 0. The molecule has 0 aliphatic rings. The van der Waals surface area contributed by atoms with Crippen molar-refractivity contribution in [2.45, 2.75) is 0 Å². The summed E-state index contributed by atoms with van der Waals surface area (Å²) in [5.74, 6) is 0. The van der Waals surface area contributed by atoms with Crippen LogP contribution in [0.15, 0.2) is 0 Å². The molecule has 0 aromatic carbocycles. The molecule has 0 heterocycles. The van der Waals surface area contributed by atoms with Crippen molar-refractivity contribution in [1.29, 1.82) is 0 Å². The molecule has 0 aromatic rings. The van der Waals surface area contributed by atoms with E-state index in [0.29, 0.717) is 0 Å². The summed E-state index contributed by atoms with van der Waals surface area (Å²) < 4.78 is 15.8. The minimum atomic E-state index is -1.94. The van der Waals surface area contributed by atoms with Gasteiger partial charge in [-0.1, -0.05) is 0 Å². The second kappa shape index (κ2) is 11.3. The van der Waals surface area contributed by atoms with Crippen LogP contribution >= 0.6 is 0 Å². The van der Waals surface area contributed by atoms with E-state index in [4.69, 9.17) is 7.91 Å². The van der Waals surface area contributed by atoms with Crippen molar-refractivity contribution in [3.05, 3.63) is 0 Å². The predicted octanol–water partition coefficient (Wildman–Crippen LogP) is -2.15. The van der Waals surface area contributed by atoms with Crippen LogP contribution < -0.4 is 0 Å². The normalized spacial score (nSPS) is 3.00. The number of rotatable bonds is 0. The molecule has 0 rings (SSSR count). The van der Waals surface area contributed by atoms with Crippen molar-refractivity contribution in [2.75, 3.05) is 0 Å². The fraction of sp³-hybridized carbons (Fsp3) is 0. The van der Waals surface area contributed by atoms with Crippen LogP contribution in [0.5, 0.6) is 0 Å². The van der Waals surface area contributed by atoms with E-state index in [2.05, 4.69) is 0 Å². The average Bonchev–Trinajstić information content (AvgIpc) is 0.918. The first-order valence-electron chi connectivity index (χ1n) is 0.494. The standard InChI is InChI=1S/GeH2O2.H2O/c2-1-3;/h1-2H;1H2. The van der Waals surface area contributed by atoms with Crippen LogP contribution in [0.25, 0.3) is 0 Å². The van der Waals surface area contributed by atoms with Crippen molar-refractivity contribution in [1.82, 2.24) is 0 Å². The van der Waals surface area contributed by atoms with Gasteiger partial charge in [-0.25, -0.2) is 0 Å². The molecule has 0 unspecified atom stereocenters. The van der Waals surface area contributed by atoms with E-state index in [-0.39, 0.29) is 5.48 Å². The first kappa shape index (κ1) is 8.93. The van der Waals surface area contributed by atoms with Crippen molar-refractivity contribution < 1.29 is 13.4 Å². The van der Waals surface area contributed by atoms with Crippen molar-refractivity contribution in [3.63, 3.8) is 0 Å². The van der Waals surface area contributed by atoms with Crippen LogP contribution in [0.3, 0.4) is 0 Å². The molecular formula is H4GeO3. The van der Waals surface area contributed by atoms with Crippen LogP contribution in [0.2, 0.25) is 0 Å². The minimum absolute atomic E-state index is 0. The van der Waals surface area contributed by atoms with Gasteiger partial charge in [0.1, 0.15) is 0 Å². The number of hydrogen-bond donors (Lipinski definition) is 1. The summed E-state index contributed by atoms with van der Waals surface area (Å²) in [5.41, 5.74) is 0. The van der Waals surface area contributed by atoms with Crippen LogP contribution in [0.4, 0.5) is 0 Å². The Labute approximate surface area is 30.0 Å². The van der Waals surface area contributed by atoms with Gasteiger partial charge in [-0.15, -0.1) is 0 Å². The third kappa shape index (κ3) is 242. The van der Waals surface area contributed by atoms with E-state index in [1.54, 1.807) is 0 Å². The monoisotopic (exact) mass is 126 g/mol. The summed E-state index contributed by atoms with van der Waals surface area (Å²) in [7, 11) is 0. The molecule has 0 bridgehead atoms. The molecule has 0 saturated heterocycles. The Morgan fingerprint density at radius 3 is 1.75 bits per heavy atom. The van der Waals surface area contributed by atoms with E-state index in [9.17, 15) is 0 Å². The topological polar surface area (TPSA) is 68.8 Å². The van der Waals surface area contributed by atoms with Gasteiger partial charge >= 0.3 is 23.6 Å². The summed E-state index contributed by atoms with van der Waals surface area (Å²) in [5, 5.41) is 0. The third-order valence-electron chi connectivity index (χ3n) is 0. The summed E-state index contributed by atoms with van der Waals surface area (Å²) in [6.07, 6.45) is 0. The summed E-state index contributed by atoms with van der Waals surface area (Å²) in [6.45, 7) is 0. The van der Waals surface area contributed by atoms with E-state index in [0.717, 1.165) is 0 Å². The molecule has 4 heteroatoms. The molecule has 0 saturated carbocycles. The van der Waals surface area contributed by atoms with Crippen LogP contribution in [0, 0.1) is 0 Å². The Kier molecular flexibility index (Phi) is 25.2. The molecular weight excluding hydrogens is 121 g/mol. The maximum atomic E-state index is 8.64. The van der Waals surface area contributed by atoms with Gasteiger partial charge in [0.05, 0.1) is 0 Å².